The summed E-state index contributed by atoms with van der Waals surface area (Å²) < 4.78 is 0. The molecule has 0 aliphatic carbocycles. The van der Waals surface area contributed by atoms with Crippen LogP contribution in [0.15, 0.2) is 12.2 Å². The zero-order valence-electron chi connectivity index (χ0n) is 4.44. The monoisotopic (exact) mass is 140 g/mol. The number of carbonyl (C=O) groups excluding carboxylic acids is 2. The third-order valence-electron chi connectivity index (χ3n) is 0.959. The molecule has 1 heterocycles. The Labute approximate surface area is 58.3 Å². The normalized spacial score (nSPS) is 17.2. The molecule has 1 aliphatic heterocycles. The van der Waals surface area contributed by atoms with Crippen molar-refractivity contribution >= 4 is 31.0 Å². The molecule has 5 heteroatoms. The van der Waals surface area contributed by atoms with E-state index in [1.54, 1.807) is 0 Å². The molecule has 0 fully saturated rings. The van der Waals surface area contributed by atoms with Crippen molar-refractivity contribution in [3.05, 3.63) is 12.2 Å². The maximum absolute atomic E-state index is 10.6. The number of nitrogens with zero attached hydrogens (tertiary/aromatic N) is 1. The topological polar surface area (TPSA) is 37.4 Å². The van der Waals surface area contributed by atoms with Crippen molar-refractivity contribution in [1.29, 1.82) is 0 Å². The van der Waals surface area contributed by atoms with Crippen LogP contribution in [0, 0.1) is 0 Å². The number of thiol groups is 1. The summed E-state index contributed by atoms with van der Waals surface area (Å²) in [6.45, 7) is 1.14. The van der Waals surface area contributed by atoms with Crippen molar-refractivity contribution < 1.29 is 9.59 Å². The van der Waals surface area contributed by atoms with Crippen LogP contribution in [-0.4, -0.2) is 23.3 Å². The summed E-state index contributed by atoms with van der Waals surface area (Å²) in [7, 11) is 0. The maximum Gasteiger partial charge on any atom is 0.335 e. The SMILES string of the molecule is O=C1C=CC(=O)N1[B]S. The average molecular weight is 140 g/mol. The third-order valence-corrected chi connectivity index (χ3v) is 1.19. The Bertz CT molecular complexity index is 173. The summed E-state index contributed by atoms with van der Waals surface area (Å²) in [5.41, 5.74) is 0. The molecule has 0 saturated carbocycles. The van der Waals surface area contributed by atoms with Gasteiger partial charge in [0, 0.05) is 12.2 Å². The van der Waals surface area contributed by atoms with E-state index in [9.17, 15) is 9.59 Å². The molecule has 0 bridgehead atoms. The molecule has 0 N–H and O–H groups in total. The van der Waals surface area contributed by atoms with E-state index < -0.39 is 0 Å². The largest absolute Gasteiger partial charge is 0.335 e. The molecule has 2 amide bonds. The fourth-order valence-electron chi connectivity index (χ4n) is 0.526. The standard InChI is InChI=1S/C4H3BNO2S/c7-3-1-2-4(8)6(3)5-9/h1-2,9H. The quantitative estimate of drug-likeness (QED) is 0.299. The van der Waals surface area contributed by atoms with E-state index in [-0.39, 0.29) is 11.8 Å². The van der Waals surface area contributed by atoms with Gasteiger partial charge in [-0.2, -0.15) is 0 Å². The fourth-order valence-corrected chi connectivity index (χ4v) is 0.753. The lowest BCUT2D eigenvalue weighted by atomic mass is 10.3. The number of imide groups is 1. The number of amides is 2. The lowest BCUT2D eigenvalue weighted by molar-refractivity contribution is -0.131. The second-order valence-electron chi connectivity index (χ2n) is 1.50. The van der Waals surface area contributed by atoms with E-state index >= 15 is 0 Å². The molecule has 3 nitrogen and oxygen atoms in total. The molecule has 0 aromatic heterocycles. The van der Waals surface area contributed by atoms with Crippen LogP contribution in [0.3, 0.4) is 0 Å². The fraction of sp³-hybridized carbons (Fsp3) is 0. The Balaban J connectivity index is 2.75. The second-order valence-corrected chi connectivity index (χ2v) is 1.73. The lowest BCUT2D eigenvalue weighted by Gasteiger charge is -2.06. The van der Waals surface area contributed by atoms with Crippen molar-refractivity contribution in [3.8, 4) is 0 Å². The summed E-state index contributed by atoms with van der Waals surface area (Å²) in [6.07, 6.45) is 2.41. The molecule has 0 aromatic rings. The van der Waals surface area contributed by atoms with Crippen molar-refractivity contribution in [3.63, 3.8) is 0 Å². The minimum Gasteiger partial charge on any atom is -0.314 e. The van der Waals surface area contributed by atoms with E-state index in [0.29, 0.717) is 0 Å². The minimum absolute atomic E-state index is 0.338. The number of carbonyl (C=O) groups is 2. The van der Waals surface area contributed by atoms with Crippen LogP contribution in [0.1, 0.15) is 0 Å². The van der Waals surface area contributed by atoms with Crippen LogP contribution in [0.4, 0.5) is 0 Å². The highest BCUT2D eigenvalue weighted by Gasteiger charge is 2.21. The molecule has 1 rings (SSSR count). The Kier molecular flexibility index (Phi) is 1.62. The van der Waals surface area contributed by atoms with Gasteiger partial charge in [-0.1, -0.05) is 0 Å². The van der Waals surface area contributed by atoms with Crippen LogP contribution >= 0.6 is 12.5 Å². The van der Waals surface area contributed by atoms with Gasteiger partial charge in [0.15, 0.2) is 0 Å². The first-order chi connectivity index (χ1) is 4.25. The van der Waals surface area contributed by atoms with E-state index in [1.165, 1.54) is 12.2 Å². The van der Waals surface area contributed by atoms with Gasteiger partial charge in [-0.25, -0.2) is 12.5 Å². The first-order valence-corrected chi connectivity index (χ1v) is 2.80. The third kappa shape index (κ3) is 1.00. The summed E-state index contributed by atoms with van der Waals surface area (Å²) in [5, 5.41) is 0. The average Bonchev–Trinajstić information content (AvgIpc) is 2.12. The summed E-state index contributed by atoms with van der Waals surface area (Å²) in [4.78, 5) is 22.0. The van der Waals surface area contributed by atoms with Crippen LogP contribution in [-0.2, 0) is 9.59 Å². The number of rotatable bonds is 1. The molecular weight excluding hydrogens is 137 g/mol. The van der Waals surface area contributed by atoms with Gasteiger partial charge in [0.25, 0.3) is 0 Å². The van der Waals surface area contributed by atoms with Crippen molar-refractivity contribution in [2.75, 3.05) is 0 Å². The Morgan fingerprint density at radius 1 is 1.33 bits per heavy atom. The van der Waals surface area contributed by atoms with Gasteiger partial charge in [0.1, 0.15) is 0 Å². The van der Waals surface area contributed by atoms with Gasteiger partial charge < -0.3 is 4.81 Å². The van der Waals surface area contributed by atoms with E-state index in [4.69, 9.17) is 0 Å². The Morgan fingerprint density at radius 2 is 1.78 bits per heavy atom. The molecule has 9 heavy (non-hydrogen) atoms. The second kappa shape index (κ2) is 2.27. The summed E-state index contributed by atoms with van der Waals surface area (Å²) >= 11 is 3.65. The molecule has 0 atom stereocenters. The molecule has 1 radical (unpaired) electrons. The van der Waals surface area contributed by atoms with Gasteiger partial charge in [-0.15, -0.1) is 0 Å². The lowest BCUT2D eigenvalue weighted by Crippen LogP contribution is -2.30. The number of hydrogen-bond acceptors (Lipinski definition) is 3. The van der Waals surface area contributed by atoms with Gasteiger partial charge in [0.05, 0.1) is 0 Å². The Morgan fingerprint density at radius 3 is 2.00 bits per heavy atom. The zero-order valence-corrected chi connectivity index (χ0v) is 5.34. The molecule has 1 aliphatic rings. The maximum atomic E-state index is 10.6. The minimum atomic E-state index is -0.338. The molecule has 0 spiro atoms. The smallest absolute Gasteiger partial charge is 0.314 e. The summed E-state index contributed by atoms with van der Waals surface area (Å²) in [6, 6.07) is 0. The van der Waals surface area contributed by atoms with E-state index in [0.717, 1.165) is 11.5 Å². The predicted molar refractivity (Wildman–Crippen MR) is 35.7 cm³/mol. The van der Waals surface area contributed by atoms with Gasteiger partial charge in [-0.3, -0.25) is 9.59 Å². The first-order valence-electron chi connectivity index (χ1n) is 2.28. The highest BCUT2D eigenvalue weighted by molar-refractivity contribution is 8.06. The van der Waals surface area contributed by atoms with Crippen molar-refractivity contribution in [2.24, 2.45) is 0 Å². The van der Waals surface area contributed by atoms with Gasteiger partial charge in [0.2, 0.25) is 11.8 Å². The van der Waals surface area contributed by atoms with Crippen molar-refractivity contribution in [1.82, 2.24) is 4.81 Å². The van der Waals surface area contributed by atoms with Crippen LogP contribution in [0.25, 0.3) is 0 Å². The molecule has 0 unspecified atom stereocenters. The molecule has 0 aromatic carbocycles. The highest BCUT2D eigenvalue weighted by Crippen LogP contribution is 2.01. The predicted octanol–water partition coefficient (Wildman–Crippen LogP) is -0.625. The molecule has 0 saturated heterocycles. The van der Waals surface area contributed by atoms with E-state index in [1.807, 2.05) is 0 Å². The Hall–Kier alpha value is -0.705. The van der Waals surface area contributed by atoms with E-state index in [2.05, 4.69) is 12.5 Å². The van der Waals surface area contributed by atoms with Crippen LogP contribution < -0.4 is 0 Å². The van der Waals surface area contributed by atoms with Gasteiger partial charge >= 0.3 is 6.69 Å². The van der Waals surface area contributed by atoms with Crippen molar-refractivity contribution in [2.45, 2.75) is 0 Å². The zero-order chi connectivity index (χ0) is 6.85. The van der Waals surface area contributed by atoms with Gasteiger partial charge in [-0.05, 0) is 0 Å². The molecule has 45 valence electrons. The summed E-state index contributed by atoms with van der Waals surface area (Å²) in [5.74, 6) is -0.676. The number of hydrogen-bond donors (Lipinski definition) is 1. The first kappa shape index (κ1) is 6.42. The van der Waals surface area contributed by atoms with Crippen LogP contribution in [0.2, 0.25) is 0 Å². The van der Waals surface area contributed by atoms with Crippen LogP contribution in [0.5, 0.6) is 0 Å². The molecular formula is C4H3BNO2S. The highest BCUT2D eigenvalue weighted by atomic mass is 32.1.